The standard InChI is InChI=1S/C15H21NO4/c1-5-20-14(19)15(2,3)16(4)10-11-7-6-8-12(9-11)13(17)18/h6-9H,5,10H2,1-4H3,(H,17,18). The molecule has 0 fully saturated rings. The molecule has 0 amide bonds. The summed E-state index contributed by atoms with van der Waals surface area (Å²) in [4.78, 5) is 24.7. The van der Waals surface area contributed by atoms with Crippen LogP contribution in [0.1, 0.15) is 36.7 Å². The van der Waals surface area contributed by atoms with Crippen molar-refractivity contribution in [3.05, 3.63) is 35.4 Å². The Morgan fingerprint density at radius 3 is 2.55 bits per heavy atom. The van der Waals surface area contributed by atoms with Crippen molar-refractivity contribution < 1.29 is 19.4 Å². The zero-order valence-corrected chi connectivity index (χ0v) is 12.3. The molecule has 1 aromatic rings. The molecule has 110 valence electrons. The first kappa shape index (κ1) is 16.2. The van der Waals surface area contributed by atoms with E-state index in [1.807, 2.05) is 18.0 Å². The van der Waals surface area contributed by atoms with Gasteiger partial charge in [0.25, 0.3) is 0 Å². The average Bonchev–Trinajstić information content (AvgIpc) is 2.39. The molecule has 0 saturated carbocycles. The second-order valence-corrected chi connectivity index (χ2v) is 5.14. The molecular formula is C15H21NO4. The van der Waals surface area contributed by atoms with Gasteiger partial charge in [-0.05, 0) is 45.5 Å². The number of hydrogen-bond acceptors (Lipinski definition) is 4. The summed E-state index contributed by atoms with van der Waals surface area (Å²) in [6, 6.07) is 6.69. The quantitative estimate of drug-likeness (QED) is 0.808. The SMILES string of the molecule is CCOC(=O)C(C)(C)N(C)Cc1cccc(C(=O)O)c1. The number of carboxylic acids is 1. The lowest BCUT2D eigenvalue weighted by atomic mass is 10.0. The third kappa shape index (κ3) is 3.81. The maximum absolute atomic E-state index is 11.9. The predicted octanol–water partition coefficient (Wildman–Crippen LogP) is 2.16. The lowest BCUT2D eigenvalue weighted by molar-refractivity contribution is -0.155. The number of likely N-dealkylation sites (N-methyl/N-ethyl adjacent to an activating group) is 1. The second kappa shape index (κ2) is 6.52. The Balaban J connectivity index is 2.84. The third-order valence-electron chi connectivity index (χ3n) is 3.32. The van der Waals surface area contributed by atoms with Crippen LogP contribution in [-0.2, 0) is 16.1 Å². The number of benzene rings is 1. The molecule has 1 rings (SSSR count). The molecule has 1 N–H and O–H groups in total. The summed E-state index contributed by atoms with van der Waals surface area (Å²) in [5.74, 6) is -1.25. The number of ether oxygens (including phenoxy) is 1. The van der Waals surface area contributed by atoms with Gasteiger partial charge >= 0.3 is 11.9 Å². The lowest BCUT2D eigenvalue weighted by Crippen LogP contribution is -2.48. The smallest absolute Gasteiger partial charge is 0.335 e. The van der Waals surface area contributed by atoms with Gasteiger partial charge in [-0.25, -0.2) is 4.79 Å². The van der Waals surface area contributed by atoms with Crippen molar-refractivity contribution in [1.82, 2.24) is 4.90 Å². The minimum atomic E-state index is -0.959. The van der Waals surface area contributed by atoms with Crippen LogP contribution < -0.4 is 0 Å². The Hall–Kier alpha value is -1.88. The molecule has 0 aliphatic heterocycles. The minimum absolute atomic E-state index is 0.241. The molecule has 5 heteroatoms. The number of hydrogen-bond donors (Lipinski definition) is 1. The van der Waals surface area contributed by atoms with E-state index in [4.69, 9.17) is 9.84 Å². The summed E-state index contributed by atoms with van der Waals surface area (Å²) in [6.45, 7) is 6.14. The van der Waals surface area contributed by atoms with Crippen LogP contribution in [0, 0.1) is 0 Å². The minimum Gasteiger partial charge on any atom is -0.478 e. The van der Waals surface area contributed by atoms with E-state index in [2.05, 4.69) is 0 Å². The Morgan fingerprint density at radius 1 is 1.35 bits per heavy atom. The van der Waals surface area contributed by atoms with Gasteiger partial charge in [-0.1, -0.05) is 12.1 Å². The average molecular weight is 279 g/mol. The van der Waals surface area contributed by atoms with E-state index in [1.54, 1.807) is 39.0 Å². The fourth-order valence-electron chi connectivity index (χ4n) is 1.74. The van der Waals surface area contributed by atoms with Crippen LogP contribution >= 0.6 is 0 Å². The molecule has 0 aliphatic rings. The fourth-order valence-corrected chi connectivity index (χ4v) is 1.74. The Morgan fingerprint density at radius 2 is 2.00 bits per heavy atom. The molecule has 0 spiro atoms. The monoisotopic (exact) mass is 279 g/mol. The summed E-state index contributed by atoms with van der Waals surface area (Å²) in [6.07, 6.45) is 0. The molecule has 0 aromatic heterocycles. The molecule has 0 aliphatic carbocycles. The molecular weight excluding hydrogens is 258 g/mol. The van der Waals surface area contributed by atoms with E-state index in [0.717, 1.165) is 5.56 Å². The highest BCUT2D eigenvalue weighted by atomic mass is 16.5. The van der Waals surface area contributed by atoms with E-state index < -0.39 is 11.5 Å². The Labute approximate surface area is 119 Å². The predicted molar refractivity (Wildman–Crippen MR) is 75.6 cm³/mol. The molecule has 0 atom stereocenters. The van der Waals surface area contributed by atoms with Crippen molar-refractivity contribution >= 4 is 11.9 Å². The number of nitrogens with zero attached hydrogens (tertiary/aromatic N) is 1. The number of carboxylic acid groups (broad SMARTS) is 1. The molecule has 1 aromatic carbocycles. The molecule has 0 bridgehead atoms. The topological polar surface area (TPSA) is 66.8 Å². The third-order valence-corrected chi connectivity index (χ3v) is 3.32. The zero-order chi connectivity index (χ0) is 15.3. The highest BCUT2D eigenvalue weighted by Gasteiger charge is 2.33. The highest BCUT2D eigenvalue weighted by Crippen LogP contribution is 2.18. The first-order valence-corrected chi connectivity index (χ1v) is 6.49. The van der Waals surface area contributed by atoms with Crippen molar-refractivity contribution in [1.29, 1.82) is 0 Å². The van der Waals surface area contributed by atoms with Gasteiger partial charge in [0, 0.05) is 6.54 Å². The molecule has 0 heterocycles. The van der Waals surface area contributed by atoms with E-state index in [1.165, 1.54) is 0 Å². The van der Waals surface area contributed by atoms with Crippen molar-refractivity contribution in [3.63, 3.8) is 0 Å². The number of rotatable bonds is 6. The van der Waals surface area contributed by atoms with Crippen LogP contribution in [0.4, 0.5) is 0 Å². The van der Waals surface area contributed by atoms with Crippen LogP contribution in [0.5, 0.6) is 0 Å². The van der Waals surface area contributed by atoms with Crippen LogP contribution in [0.25, 0.3) is 0 Å². The first-order valence-electron chi connectivity index (χ1n) is 6.49. The van der Waals surface area contributed by atoms with E-state index in [0.29, 0.717) is 13.2 Å². The number of esters is 1. The van der Waals surface area contributed by atoms with Crippen molar-refractivity contribution in [3.8, 4) is 0 Å². The van der Waals surface area contributed by atoms with Crippen LogP contribution in [0.2, 0.25) is 0 Å². The van der Waals surface area contributed by atoms with Crippen molar-refractivity contribution in [2.75, 3.05) is 13.7 Å². The van der Waals surface area contributed by atoms with Crippen LogP contribution in [0.15, 0.2) is 24.3 Å². The second-order valence-electron chi connectivity index (χ2n) is 5.14. The highest BCUT2D eigenvalue weighted by molar-refractivity contribution is 5.87. The molecule has 0 saturated heterocycles. The van der Waals surface area contributed by atoms with Gasteiger partial charge in [0.05, 0.1) is 12.2 Å². The van der Waals surface area contributed by atoms with E-state index in [9.17, 15) is 9.59 Å². The summed E-state index contributed by atoms with van der Waals surface area (Å²) < 4.78 is 5.05. The summed E-state index contributed by atoms with van der Waals surface area (Å²) in [5.41, 5.74) is 0.310. The van der Waals surface area contributed by atoms with Crippen LogP contribution in [-0.4, -0.2) is 41.1 Å². The van der Waals surface area contributed by atoms with Crippen molar-refractivity contribution in [2.45, 2.75) is 32.9 Å². The Bertz CT molecular complexity index is 496. The first-order chi connectivity index (χ1) is 9.28. The number of aromatic carboxylic acids is 1. The lowest BCUT2D eigenvalue weighted by Gasteiger charge is -2.33. The largest absolute Gasteiger partial charge is 0.478 e. The van der Waals surface area contributed by atoms with Crippen molar-refractivity contribution in [2.24, 2.45) is 0 Å². The van der Waals surface area contributed by atoms with E-state index >= 15 is 0 Å². The zero-order valence-electron chi connectivity index (χ0n) is 12.3. The molecule has 0 radical (unpaired) electrons. The maximum Gasteiger partial charge on any atom is 0.335 e. The molecule has 20 heavy (non-hydrogen) atoms. The van der Waals surface area contributed by atoms with Gasteiger partial charge in [0.15, 0.2) is 0 Å². The number of carbonyl (C=O) groups excluding carboxylic acids is 1. The summed E-state index contributed by atoms with van der Waals surface area (Å²) >= 11 is 0. The molecule has 0 unspecified atom stereocenters. The number of carbonyl (C=O) groups is 2. The van der Waals surface area contributed by atoms with Gasteiger partial charge < -0.3 is 9.84 Å². The van der Waals surface area contributed by atoms with Gasteiger partial charge in [0.2, 0.25) is 0 Å². The van der Waals surface area contributed by atoms with Gasteiger partial charge in [-0.15, -0.1) is 0 Å². The summed E-state index contributed by atoms with van der Waals surface area (Å²) in [5, 5.41) is 8.97. The molecule has 5 nitrogen and oxygen atoms in total. The van der Waals surface area contributed by atoms with E-state index in [-0.39, 0.29) is 11.5 Å². The normalized spacial score (nSPS) is 11.4. The Kier molecular flexibility index (Phi) is 5.27. The van der Waals surface area contributed by atoms with Gasteiger partial charge in [-0.3, -0.25) is 9.69 Å². The van der Waals surface area contributed by atoms with Crippen LogP contribution in [0.3, 0.4) is 0 Å². The summed E-state index contributed by atoms with van der Waals surface area (Å²) in [7, 11) is 1.81. The fraction of sp³-hybridized carbons (Fsp3) is 0.467. The van der Waals surface area contributed by atoms with Gasteiger partial charge in [0.1, 0.15) is 5.54 Å². The maximum atomic E-state index is 11.9. The van der Waals surface area contributed by atoms with Gasteiger partial charge in [-0.2, -0.15) is 0 Å².